The normalized spacial score (nSPS) is 34.7. The first-order valence-corrected chi connectivity index (χ1v) is 9.54. The molecule has 23 heavy (non-hydrogen) atoms. The van der Waals surface area contributed by atoms with Crippen LogP contribution in [0.4, 0.5) is 5.13 Å². The number of aromatic nitrogens is 1. The molecule has 0 aliphatic heterocycles. The van der Waals surface area contributed by atoms with E-state index in [1.54, 1.807) is 11.3 Å². The lowest BCUT2D eigenvalue weighted by atomic mass is 9.53. The lowest BCUT2D eigenvalue weighted by molar-refractivity contribution is 0.0107. The predicted octanol–water partition coefficient (Wildman–Crippen LogP) is 4.90. The maximum Gasteiger partial charge on any atom is 0.232 e. The predicted molar refractivity (Wildman–Crippen MR) is 93.7 cm³/mol. The second kappa shape index (κ2) is 4.97. The molecule has 4 heteroatoms. The van der Waals surface area contributed by atoms with Crippen LogP contribution in [0.3, 0.4) is 0 Å². The fourth-order valence-electron chi connectivity index (χ4n) is 5.63. The molecule has 1 aromatic carbocycles. The molecule has 3 nitrogen and oxygen atoms in total. The molecule has 4 saturated carbocycles. The van der Waals surface area contributed by atoms with E-state index in [2.05, 4.69) is 10.3 Å². The largest absolute Gasteiger partial charge is 0.492 e. The lowest BCUT2D eigenvalue weighted by Crippen LogP contribution is -2.54. The molecule has 2 N–H and O–H groups in total. The van der Waals surface area contributed by atoms with E-state index in [0.29, 0.717) is 0 Å². The molecule has 0 spiro atoms. The third-order valence-electron chi connectivity index (χ3n) is 6.06. The van der Waals surface area contributed by atoms with Crippen molar-refractivity contribution in [1.29, 1.82) is 0 Å². The molecule has 6 rings (SSSR count). The van der Waals surface area contributed by atoms with Gasteiger partial charge in [0.15, 0.2) is 5.13 Å². The summed E-state index contributed by atoms with van der Waals surface area (Å²) in [4.78, 5) is 5.30. The molecule has 1 aromatic heterocycles. The van der Waals surface area contributed by atoms with Crippen LogP contribution in [0.1, 0.15) is 38.5 Å². The van der Waals surface area contributed by atoms with Gasteiger partial charge in [-0.25, -0.2) is 0 Å². The summed E-state index contributed by atoms with van der Waals surface area (Å²) in [7, 11) is 0. The van der Waals surface area contributed by atoms with Crippen LogP contribution in [0.25, 0.3) is 10.4 Å². The van der Waals surface area contributed by atoms with E-state index in [1.807, 2.05) is 30.3 Å². The number of anilines is 1. The van der Waals surface area contributed by atoms with Crippen LogP contribution >= 0.6 is 11.3 Å². The SMILES string of the molecule is Oc1nc(NC23CC4CC(CC(C4)C2)C3)sc1-c1ccccc1. The highest BCUT2D eigenvalue weighted by atomic mass is 32.1. The zero-order chi connectivity index (χ0) is 15.4. The van der Waals surface area contributed by atoms with Crippen LogP contribution in [-0.2, 0) is 0 Å². The molecular weight excluding hydrogens is 304 g/mol. The first-order chi connectivity index (χ1) is 11.2. The first kappa shape index (κ1) is 13.8. The number of thiazole rings is 1. The monoisotopic (exact) mass is 326 g/mol. The van der Waals surface area contributed by atoms with Crippen molar-refractivity contribution in [2.75, 3.05) is 5.32 Å². The topological polar surface area (TPSA) is 45.2 Å². The fraction of sp³-hybridized carbons (Fsp3) is 0.526. The minimum absolute atomic E-state index is 0.161. The minimum atomic E-state index is 0.161. The number of nitrogens with zero attached hydrogens (tertiary/aromatic N) is 1. The number of rotatable bonds is 3. The number of hydrogen-bond donors (Lipinski definition) is 2. The fourth-order valence-corrected chi connectivity index (χ4v) is 6.62. The van der Waals surface area contributed by atoms with Crippen LogP contribution in [-0.4, -0.2) is 15.6 Å². The number of nitrogens with one attached hydrogen (secondary N) is 1. The molecule has 120 valence electrons. The second-order valence-corrected chi connectivity index (χ2v) is 8.86. The summed E-state index contributed by atoms with van der Waals surface area (Å²) in [6.07, 6.45) is 8.21. The molecule has 4 fully saturated rings. The van der Waals surface area contributed by atoms with Gasteiger partial charge in [0.05, 0.1) is 4.88 Å². The van der Waals surface area contributed by atoms with Gasteiger partial charge in [-0.2, -0.15) is 4.98 Å². The number of benzene rings is 1. The van der Waals surface area contributed by atoms with Gasteiger partial charge in [0.1, 0.15) is 0 Å². The Morgan fingerprint density at radius 3 is 2.22 bits per heavy atom. The van der Waals surface area contributed by atoms with Gasteiger partial charge in [-0.05, 0) is 61.8 Å². The third kappa shape index (κ3) is 2.35. The molecule has 2 aromatic rings. The Morgan fingerprint density at radius 1 is 1.00 bits per heavy atom. The summed E-state index contributed by atoms with van der Waals surface area (Å²) in [5, 5.41) is 14.9. The van der Waals surface area contributed by atoms with Crippen molar-refractivity contribution in [3.8, 4) is 16.3 Å². The van der Waals surface area contributed by atoms with E-state index < -0.39 is 0 Å². The van der Waals surface area contributed by atoms with Crippen molar-refractivity contribution >= 4 is 16.5 Å². The van der Waals surface area contributed by atoms with Crippen molar-refractivity contribution in [2.45, 2.75) is 44.1 Å². The molecule has 4 aliphatic carbocycles. The molecule has 1 heterocycles. The van der Waals surface area contributed by atoms with E-state index in [1.165, 1.54) is 38.5 Å². The van der Waals surface area contributed by atoms with E-state index in [9.17, 15) is 5.11 Å². The number of hydrogen-bond acceptors (Lipinski definition) is 4. The summed E-state index contributed by atoms with van der Waals surface area (Å²) >= 11 is 1.59. The standard InChI is InChI=1S/C19H22N2OS/c22-17-16(15-4-2-1-3-5-15)23-18(20-17)21-19-9-12-6-13(10-19)8-14(7-12)11-19/h1-5,12-14,22H,6-11H2,(H,20,21). The Kier molecular flexibility index (Phi) is 2.99. The zero-order valence-electron chi connectivity index (χ0n) is 13.2. The van der Waals surface area contributed by atoms with Gasteiger partial charge in [0, 0.05) is 5.54 Å². The highest BCUT2D eigenvalue weighted by Crippen LogP contribution is 2.57. The molecule has 0 saturated heterocycles. The maximum absolute atomic E-state index is 10.3. The zero-order valence-corrected chi connectivity index (χ0v) is 14.0. The lowest BCUT2D eigenvalue weighted by Gasteiger charge is -2.56. The average molecular weight is 326 g/mol. The highest BCUT2D eigenvalue weighted by molar-refractivity contribution is 7.19. The molecule has 4 aliphatic rings. The summed E-state index contributed by atoms with van der Waals surface area (Å²) < 4.78 is 0. The Hall–Kier alpha value is -1.55. The van der Waals surface area contributed by atoms with Crippen LogP contribution in [0, 0.1) is 17.8 Å². The summed E-state index contributed by atoms with van der Waals surface area (Å²) in [5.41, 5.74) is 1.29. The third-order valence-corrected chi connectivity index (χ3v) is 7.06. The maximum atomic E-state index is 10.3. The summed E-state index contributed by atoms with van der Waals surface area (Å²) in [6.45, 7) is 0. The van der Waals surface area contributed by atoms with Gasteiger partial charge >= 0.3 is 0 Å². The summed E-state index contributed by atoms with van der Waals surface area (Å²) in [5.74, 6) is 2.90. The van der Waals surface area contributed by atoms with Gasteiger partial charge in [0.2, 0.25) is 5.88 Å². The van der Waals surface area contributed by atoms with Gasteiger partial charge in [-0.15, -0.1) is 0 Å². The van der Waals surface area contributed by atoms with E-state index >= 15 is 0 Å². The van der Waals surface area contributed by atoms with Crippen LogP contribution in [0.5, 0.6) is 5.88 Å². The van der Waals surface area contributed by atoms with E-state index in [0.717, 1.165) is 33.3 Å². The van der Waals surface area contributed by atoms with Crippen LogP contribution in [0.2, 0.25) is 0 Å². The number of aromatic hydroxyl groups is 1. The van der Waals surface area contributed by atoms with Crippen molar-refractivity contribution in [1.82, 2.24) is 4.98 Å². The first-order valence-electron chi connectivity index (χ1n) is 8.72. The Morgan fingerprint density at radius 2 is 1.61 bits per heavy atom. The molecule has 0 atom stereocenters. The van der Waals surface area contributed by atoms with Gasteiger partial charge in [-0.1, -0.05) is 41.7 Å². The quantitative estimate of drug-likeness (QED) is 0.843. The molecular formula is C19H22N2OS. The van der Waals surface area contributed by atoms with Gasteiger partial charge in [-0.3, -0.25) is 0 Å². The molecule has 0 radical (unpaired) electrons. The highest BCUT2D eigenvalue weighted by Gasteiger charge is 2.51. The van der Waals surface area contributed by atoms with Crippen molar-refractivity contribution in [3.05, 3.63) is 30.3 Å². The van der Waals surface area contributed by atoms with Gasteiger partial charge in [0.25, 0.3) is 0 Å². The van der Waals surface area contributed by atoms with Crippen LogP contribution < -0.4 is 5.32 Å². The van der Waals surface area contributed by atoms with Crippen LogP contribution in [0.15, 0.2) is 30.3 Å². The van der Waals surface area contributed by atoms with E-state index in [4.69, 9.17) is 0 Å². The smallest absolute Gasteiger partial charge is 0.232 e. The Bertz CT molecular complexity index is 689. The van der Waals surface area contributed by atoms with E-state index in [-0.39, 0.29) is 11.4 Å². The second-order valence-electron chi connectivity index (χ2n) is 7.86. The summed E-state index contributed by atoms with van der Waals surface area (Å²) in [6, 6.07) is 10.1. The van der Waals surface area contributed by atoms with Gasteiger partial charge < -0.3 is 10.4 Å². The van der Waals surface area contributed by atoms with Crippen molar-refractivity contribution in [3.63, 3.8) is 0 Å². The Labute approximate surface area is 140 Å². The Balaban J connectivity index is 1.43. The van der Waals surface area contributed by atoms with Crippen molar-refractivity contribution < 1.29 is 5.11 Å². The molecule has 0 unspecified atom stereocenters. The molecule has 0 amide bonds. The minimum Gasteiger partial charge on any atom is -0.492 e. The average Bonchev–Trinajstić information content (AvgIpc) is 2.86. The molecule has 4 bridgehead atoms. The van der Waals surface area contributed by atoms with Crippen molar-refractivity contribution in [2.24, 2.45) is 17.8 Å².